The quantitative estimate of drug-likeness (QED) is 0.363. The maximum Gasteiger partial charge on any atom is 0.166 e. The third-order valence-corrected chi connectivity index (χ3v) is 7.16. The second-order valence-electron chi connectivity index (χ2n) is 8.93. The zero-order chi connectivity index (χ0) is 21.7. The zero-order valence-electron chi connectivity index (χ0n) is 18.7. The van der Waals surface area contributed by atoms with E-state index in [1.807, 2.05) is 0 Å². The monoisotopic (exact) mass is 434 g/mol. The zero-order valence-corrected chi connectivity index (χ0v) is 19.5. The lowest BCUT2D eigenvalue weighted by Crippen LogP contribution is -2.50. The van der Waals surface area contributed by atoms with E-state index in [-0.39, 0.29) is 5.54 Å². The van der Waals surface area contributed by atoms with Gasteiger partial charge in [0.2, 0.25) is 0 Å². The third kappa shape index (κ3) is 4.94. The van der Waals surface area contributed by atoms with Crippen molar-refractivity contribution in [3.63, 3.8) is 0 Å². The lowest BCUT2D eigenvalue weighted by atomic mass is 9.74. The van der Waals surface area contributed by atoms with Crippen LogP contribution >= 0.6 is 12.2 Å². The number of rotatable bonds is 7. The normalized spacial score (nSPS) is 21.3. The van der Waals surface area contributed by atoms with Gasteiger partial charge in [-0.25, -0.2) is 0 Å². The molecule has 1 aliphatic carbocycles. The Labute approximate surface area is 191 Å². The van der Waals surface area contributed by atoms with Crippen LogP contribution in [0.4, 0.5) is 0 Å². The van der Waals surface area contributed by atoms with Crippen LogP contribution in [0.2, 0.25) is 0 Å². The lowest BCUT2D eigenvalue weighted by Gasteiger charge is -2.46. The fourth-order valence-electron chi connectivity index (χ4n) is 5.04. The Kier molecular flexibility index (Phi) is 6.93. The minimum Gasteiger partial charge on any atom is -0.363 e. The van der Waals surface area contributed by atoms with Gasteiger partial charge >= 0.3 is 0 Å². The van der Waals surface area contributed by atoms with Crippen LogP contribution in [-0.4, -0.2) is 41.7 Å². The molecule has 4 rings (SSSR count). The van der Waals surface area contributed by atoms with E-state index >= 15 is 0 Å². The first-order valence-corrected chi connectivity index (χ1v) is 11.8. The van der Waals surface area contributed by atoms with E-state index in [2.05, 4.69) is 95.4 Å². The fourth-order valence-corrected chi connectivity index (χ4v) is 5.31. The molecular weight excluding hydrogens is 400 g/mol. The predicted octanol–water partition coefficient (Wildman–Crippen LogP) is 4.96. The summed E-state index contributed by atoms with van der Waals surface area (Å²) in [6.45, 7) is 0.893. The average molecular weight is 435 g/mol. The molecule has 1 aromatic heterocycles. The van der Waals surface area contributed by atoms with Gasteiger partial charge in [0.05, 0.1) is 0 Å². The standard InChI is InChI=1S/C26H34N4S/c1-30(2)26(21-10-4-3-5-11-21)16-14-22(15-17-26)29-25(31)27-18-8-9-20-19-28-24-13-7-6-12-23(20)24/h3-7,10-13,19,22,28H,8-9,14-18H2,1-2H3,(H2,27,29,31). The highest BCUT2D eigenvalue weighted by molar-refractivity contribution is 7.80. The summed E-state index contributed by atoms with van der Waals surface area (Å²) in [6, 6.07) is 19.9. The van der Waals surface area contributed by atoms with Gasteiger partial charge in [0, 0.05) is 35.2 Å². The molecule has 31 heavy (non-hydrogen) atoms. The van der Waals surface area contributed by atoms with Crippen LogP contribution in [0.5, 0.6) is 0 Å². The number of fused-ring (bicyclic) bond motifs is 1. The molecule has 0 spiro atoms. The topological polar surface area (TPSA) is 43.1 Å². The van der Waals surface area contributed by atoms with Crippen molar-refractivity contribution in [3.8, 4) is 0 Å². The molecule has 1 heterocycles. The number of aromatic amines is 1. The number of H-pyrrole nitrogens is 1. The highest BCUT2D eigenvalue weighted by Crippen LogP contribution is 2.40. The maximum atomic E-state index is 5.59. The Hall–Kier alpha value is -2.37. The molecule has 0 amide bonds. The summed E-state index contributed by atoms with van der Waals surface area (Å²) in [7, 11) is 4.42. The largest absolute Gasteiger partial charge is 0.363 e. The molecular formula is C26H34N4S. The van der Waals surface area contributed by atoms with E-state index in [1.165, 1.54) is 22.0 Å². The highest BCUT2D eigenvalue weighted by atomic mass is 32.1. The first-order valence-electron chi connectivity index (χ1n) is 11.4. The number of hydrogen-bond acceptors (Lipinski definition) is 2. The molecule has 0 bridgehead atoms. The van der Waals surface area contributed by atoms with Crippen LogP contribution in [-0.2, 0) is 12.0 Å². The first-order chi connectivity index (χ1) is 15.1. The van der Waals surface area contributed by atoms with Gasteiger partial charge in [-0.15, -0.1) is 0 Å². The van der Waals surface area contributed by atoms with Gasteiger partial charge in [0.25, 0.3) is 0 Å². The van der Waals surface area contributed by atoms with Gasteiger partial charge in [-0.3, -0.25) is 4.90 Å². The van der Waals surface area contributed by atoms with Crippen LogP contribution in [0.1, 0.15) is 43.2 Å². The van der Waals surface area contributed by atoms with Gasteiger partial charge in [0.1, 0.15) is 0 Å². The Balaban J connectivity index is 1.22. The van der Waals surface area contributed by atoms with E-state index in [4.69, 9.17) is 12.2 Å². The van der Waals surface area contributed by atoms with Crippen molar-refractivity contribution in [1.29, 1.82) is 0 Å². The number of hydrogen-bond donors (Lipinski definition) is 3. The van der Waals surface area contributed by atoms with E-state index in [0.29, 0.717) is 6.04 Å². The minimum absolute atomic E-state index is 0.133. The van der Waals surface area contributed by atoms with Crippen LogP contribution < -0.4 is 10.6 Å². The van der Waals surface area contributed by atoms with Crippen LogP contribution in [0, 0.1) is 0 Å². The summed E-state index contributed by atoms with van der Waals surface area (Å²) in [5.74, 6) is 0. The molecule has 0 aliphatic heterocycles. The summed E-state index contributed by atoms with van der Waals surface area (Å²) in [4.78, 5) is 5.76. The molecule has 1 fully saturated rings. The number of nitrogens with one attached hydrogen (secondary N) is 3. The number of aryl methyl sites for hydroxylation is 1. The molecule has 3 N–H and O–H groups in total. The average Bonchev–Trinajstić information content (AvgIpc) is 3.21. The smallest absolute Gasteiger partial charge is 0.166 e. The molecule has 1 aliphatic rings. The molecule has 4 nitrogen and oxygen atoms in total. The van der Waals surface area contributed by atoms with Gasteiger partial charge in [0.15, 0.2) is 5.11 Å². The Morgan fingerprint density at radius 2 is 1.77 bits per heavy atom. The van der Waals surface area contributed by atoms with Crippen molar-refractivity contribution < 1.29 is 0 Å². The van der Waals surface area contributed by atoms with Gasteiger partial charge in [-0.1, -0.05) is 48.5 Å². The Morgan fingerprint density at radius 3 is 2.52 bits per heavy atom. The molecule has 0 radical (unpaired) electrons. The summed E-state index contributed by atoms with van der Waals surface area (Å²) in [5.41, 5.74) is 4.15. The molecule has 0 unspecified atom stereocenters. The van der Waals surface area contributed by atoms with Gasteiger partial charge in [-0.05, 0) is 82.0 Å². The summed E-state index contributed by atoms with van der Waals surface area (Å²) < 4.78 is 0. The molecule has 0 atom stereocenters. The number of thiocarbonyl (C=S) groups is 1. The van der Waals surface area contributed by atoms with Crippen molar-refractivity contribution in [2.45, 2.75) is 50.1 Å². The molecule has 1 saturated carbocycles. The van der Waals surface area contributed by atoms with Crippen LogP contribution in [0.25, 0.3) is 10.9 Å². The molecule has 0 saturated heterocycles. The number of aromatic nitrogens is 1. The van der Waals surface area contributed by atoms with Gasteiger partial charge in [-0.2, -0.15) is 0 Å². The van der Waals surface area contributed by atoms with Crippen LogP contribution in [0.3, 0.4) is 0 Å². The molecule has 3 aromatic rings. The van der Waals surface area contributed by atoms with Crippen molar-refractivity contribution in [3.05, 3.63) is 71.9 Å². The first kappa shape index (κ1) is 21.8. The highest BCUT2D eigenvalue weighted by Gasteiger charge is 2.38. The summed E-state index contributed by atoms with van der Waals surface area (Å²) in [6.07, 6.45) is 8.79. The van der Waals surface area contributed by atoms with Crippen molar-refractivity contribution in [2.75, 3.05) is 20.6 Å². The minimum atomic E-state index is 0.133. The van der Waals surface area contributed by atoms with Gasteiger partial charge < -0.3 is 15.6 Å². The number of nitrogens with zero attached hydrogens (tertiary/aromatic N) is 1. The van der Waals surface area contributed by atoms with E-state index < -0.39 is 0 Å². The number of benzene rings is 2. The lowest BCUT2D eigenvalue weighted by molar-refractivity contribution is 0.0888. The Bertz CT molecular complexity index is 987. The number of para-hydroxylation sites is 1. The second-order valence-corrected chi connectivity index (χ2v) is 9.34. The molecule has 2 aromatic carbocycles. The second kappa shape index (κ2) is 9.84. The SMILES string of the molecule is CN(C)C1(c2ccccc2)CCC(NC(=S)NCCCc2c[nH]c3ccccc23)CC1. The van der Waals surface area contributed by atoms with Crippen molar-refractivity contribution in [1.82, 2.24) is 20.5 Å². The maximum absolute atomic E-state index is 5.59. The summed E-state index contributed by atoms with van der Waals surface area (Å²) in [5, 5.41) is 9.10. The van der Waals surface area contributed by atoms with E-state index in [0.717, 1.165) is 50.2 Å². The van der Waals surface area contributed by atoms with E-state index in [1.54, 1.807) is 0 Å². The van der Waals surface area contributed by atoms with Crippen molar-refractivity contribution >= 4 is 28.2 Å². The van der Waals surface area contributed by atoms with Crippen molar-refractivity contribution in [2.24, 2.45) is 0 Å². The molecule has 164 valence electrons. The predicted molar refractivity (Wildman–Crippen MR) is 134 cm³/mol. The third-order valence-electron chi connectivity index (χ3n) is 6.90. The fraction of sp³-hybridized carbons (Fsp3) is 0.423. The van der Waals surface area contributed by atoms with Crippen LogP contribution in [0.15, 0.2) is 60.8 Å². The Morgan fingerprint density at radius 1 is 1.06 bits per heavy atom. The summed E-state index contributed by atoms with van der Waals surface area (Å²) >= 11 is 5.59. The molecule has 5 heteroatoms. The van der Waals surface area contributed by atoms with E-state index in [9.17, 15) is 0 Å².